The third-order valence-electron chi connectivity index (χ3n) is 7.42. The van der Waals surface area contributed by atoms with Crippen molar-refractivity contribution in [1.82, 2.24) is 24.3 Å². The molecule has 200 valence electrons. The Hall–Kier alpha value is -2.89. The Balaban J connectivity index is 1.64. The lowest BCUT2D eigenvalue weighted by Gasteiger charge is -2.32. The number of hydrogen-bond donors (Lipinski definition) is 0. The molecule has 2 aliphatic rings. The molecule has 0 aliphatic carbocycles. The second-order valence-corrected chi connectivity index (χ2v) is 10.0. The van der Waals surface area contributed by atoms with Crippen LogP contribution in [0.15, 0.2) is 23.5 Å². The van der Waals surface area contributed by atoms with Crippen molar-refractivity contribution in [3.63, 3.8) is 0 Å². The number of benzene rings is 1. The van der Waals surface area contributed by atoms with E-state index in [1.807, 2.05) is 37.5 Å². The molecule has 3 atom stereocenters. The number of halogens is 2. The lowest BCUT2D eigenvalue weighted by Crippen LogP contribution is -2.44. The molecule has 1 saturated heterocycles. The number of imidazole rings is 1. The van der Waals surface area contributed by atoms with Crippen molar-refractivity contribution in [3.05, 3.63) is 29.7 Å². The zero-order valence-electron chi connectivity index (χ0n) is 21.9. The predicted molar refractivity (Wildman–Crippen MR) is 137 cm³/mol. The molecule has 9 nitrogen and oxygen atoms in total. The van der Waals surface area contributed by atoms with E-state index in [4.69, 9.17) is 24.3 Å². The molecule has 0 N–H and O–H groups in total. The largest absolute Gasteiger partial charge is 0.496 e. The first-order valence-corrected chi connectivity index (χ1v) is 12.6. The van der Waals surface area contributed by atoms with Crippen molar-refractivity contribution < 1.29 is 23.1 Å². The van der Waals surface area contributed by atoms with Crippen LogP contribution < -0.4 is 4.74 Å². The minimum Gasteiger partial charge on any atom is -0.496 e. The number of ether oxygens (including phenoxy) is 2. The maximum atomic E-state index is 13.0. The molecule has 0 amide bonds. The monoisotopic (exact) mass is 516 g/mol. The number of fused-ring (bicyclic) bond motifs is 3. The van der Waals surface area contributed by atoms with Gasteiger partial charge in [0.2, 0.25) is 0 Å². The summed E-state index contributed by atoms with van der Waals surface area (Å²) in [6.45, 7) is 7.23. The van der Waals surface area contributed by atoms with Gasteiger partial charge in [-0.15, -0.1) is 0 Å². The molecular weight excluding hydrogens is 482 g/mol. The van der Waals surface area contributed by atoms with Gasteiger partial charge in [0.15, 0.2) is 0 Å². The number of likely N-dealkylation sites (N-methyl/N-ethyl adjacent to an activating group) is 1. The highest BCUT2D eigenvalue weighted by atomic mass is 19.3. The molecular formula is C26H34F2N6O3. The second kappa shape index (κ2) is 10.5. The summed E-state index contributed by atoms with van der Waals surface area (Å²) in [6, 6.07) is 3.62. The van der Waals surface area contributed by atoms with E-state index in [9.17, 15) is 8.78 Å². The van der Waals surface area contributed by atoms with Crippen molar-refractivity contribution in [3.8, 4) is 5.75 Å². The van der Waals surface area contributed by atoms with E-state index in [0.29, 0.717) is 17.8 Å². The van der Waals surface area contributed by atoms with E-state index in [1.54, 1.807) is 13.3 Å². The zero-order valence-corrected chi connectivity index (χ0v) is 21.9. The smallest absolute Gasteiger partial charge is 0.345 e. The molecule has 37 heavy (non-hydrogen) atoms. The van der Waals surface area contributed by atoms with Crippen LogP contribution in [0.5, 0.6) is 5.75 Å². The van der Waals surface area contributed by atoms with Gasteiger partial charge in [0, 0.05) is 37.1 Å². The Labute approximate surface area is 215 Å². The highest BCUT2D eigenvalue weighted by Crippen LogP contribution is 2.39. The first-order valence-electron chi connectivity index (χ1n) is 12.6. The summed E-state index contributed by atoms with van der Waals surface area (Å²) in [6.07, 6.45) is 1.64. The highest BCUT2D eigenvalue weighted by molar-refractivity contribution is 6.04. The summed E-state index contributed by atoms with van der Waals surface area (Å²) in [5, 5.41) is 5.01. The summed E-state index contributed by atoms with van der Waals surface area (Å²) in [7, 11) is 3.75. The molecule has 2 unspecified atom stereocenters. The average molecular weight is 517 g/mol. The lowest BCUT2D eigenvalue weighted by atomic mass is 9.89. The maximum Gasteiger partial charge on any atom is 0.345 e. The fourth-order valence-electron chi connectivity index (χ4n) is 5.47. The Morgan fingerprint density at radius 2 is 1.92 bits per heavy atom. The number of pyridine rings is 1. The molecule has 11 heteroatoms. The molecule has 3 aromatic rings. The Bertz CT molecular complexity index is 1300. The number of nitrogens with zero attached hydrogens (tertiary/aromatic N) is 6. The molecule has 0 spiro atoms. The van der Waals surface area contributed by atoms with E-state index < -0.39 is 6.61 Å². The minimum absolute atomic E-state index is 0.0482. The van der Waals surface area contributed by atoms with Crippen LogP contribution in [0.25, 0.3) is 21.9 Å². The number of rotatable bonds is 8. The van der Waals surface area contributed by atoms with Crippen LogP contribution >= 0.6 is 0 Å². The number of oxime groups is 1. The molecule has 1 fully saturated rings. The molecule has 4 heterocycles. The van der Waals surface area contributed by atoms with E-state index in [-0.39, 0.29) is 24.7 Å². The van der Waals surface area contributed by atoms with Crippen molar-refractivity contribution in [2.24, 2.45) is 5.16 Å². The van der Waals surface area contributed by atoms with Gasteiger partial charge in [-0.05, 0) is 40.0 Å². The number of alkyl halides is 2. The minimum atomic E-state index is -2.83. The zero-order chi connectivity index (χ0) is 26.3. The molecule has 0 saturated carbocycles. The van der Waals surface area contributed by atoms with E-state index in [0.717, 1.165) is 59.7 Å². The van der Waals surface area contributed by atoms with Crippen molar-refractivity contribution >= 4 is 27.6 Å². The second-order valence-electron chi connectivity index (χ2n) is 10.0. The van der Waals surface area contributed by atoms with Crippen molar-refractivity contribution in [1.29, 1.82) is 0 Å². The number of piperazine rings is 1. The predicted octanol–water partition coefficient (Wildman–Crippen LogP) is 4.02. The quantitative estimate of drug-likeness (QED) is 0.448. The van der Waals surface area contributed by atoms with Crippen LogP contribution in [-0.4, -0.2) is 89.7 Å². The van der Waals surface area contributed by atoms with E-state index >= 15 is 0 Å². The Morgan fingerprint density at radius 1 is 1.16 bits per heavy atom. The highest BCUT2D eigenvalue weighted by Gasteiger charge is 2.33. The SMILES string of the molecule is COc1cc2c(cc1C1C(C)=NOC1C)ncc1nc(CN3CCN(C)CC3)n([C@H](C)COC(F)F)c12. The lowest BCUT2D eigenvalue weighted by molar-refractivity contribution is -0.135. The molecule has 1 aromatic carbocycles. The number of methoxy groups -OCH3 is 1. The average Bonchev–Trinajstić information content (AvgIpc) is 3.41. The number of hydrogen-bond acceptors (Lipinski definition) is 8. The Kier molecular flexibility index (Phi) is 7.28. The van der Waals surface area contributed by atoms with Crippen LogP contribution in [0, 0.1) is 0 Å². The van der Waals surface area contributed by atoms with Crippen LogP contribution in [0.1, 0.15) is 44.1 Å². The van der Waals surface area contributed by atoms with E-state index in [2.05, 4.69) is 22.0 Å². The fourth-order valence-corrected chi connectivity index (χ4v) is 5.47. The summed E-state index contributed by atoms with van der Waals surface area (Å²) < 4.78 is 38.5. The topological polar surface area (TPSA) is 77.2 Å². The molecule has 0 bridgehead atoms. The van der Waals surface area contributed by atoms with Gasteiger partial charge in [-0.3, -0.25) is 9.88 Å². The fraction of sp³-hybridized carbons (Fsp3) is 0.577. The van der Waals surface area contributed by atoms with E-state index in [1.165, 1.54) is 0 Å². The van der Waals surface area contributed by atoms with Gasteiger partial charge < -0.3 is 23.8 Å². The van der Waals surface area contributed by atoms with Gasteiger partial charge in [0.25, 0.3) is 0 Å². The molecule has 2 aromatic heterocycles. The summed E-state index contributed by atoms with van der Waals surface area (Å²) in [4.78, 5) is 19.8. The standard InChI is InChI=1S/C26H34F2N6O3/c1-15(14-36-26(27)28)34-23(13-33-8-6-32(4)7-9-33)30-21-12-29-20-10-19(24-16(2)31-37-17(24)3)22(35-5)11-18(20)25(21)34/h10-12,15,17,24,26H,6-9,13-14H2,1-5H3/t15-,17?,24?/m1/s1. The number of aromatic nitrogens is 3. The van der Waals surface area contributed by atoms with Gasteiger partial charge >= 0.3 is 6.61 Å². The van der Waals surface area contributed by atoms with Crippen LogP contribution in [0.4, 0.5) is 8.78 Å². The van der Waals surface area contributed by atoms with Gasteiger partial charge in [-0.2, -0.15) is 8.78 Å². The summed E-state index contributed by atoms with van der Waals surface area (Å²) in [5.74, 6) is 1.46. The summed E-state index contributed by atoms with van der Waals surface area (Å²) >= 11 is 0. The first kappa shape index (κ1) is 25.7. The Morgan fingerprint density at radius 3 is 2.57 bits per heavy atom. The van der Waals surface area contributed by atoms with Crippen molar-refractivity contribution in [2.45, 2.75) is 52.0 Å². The van der Waals surface area contributed by atoms with Crippen molar-refractivity contribution in [2.75, 3.05) is 46.9 Å². The van der Waals surface area contributed by atoms with Gasteiger partial charge in [0.1, 0.15) is 23.2 Å². The third kappa shape index (κ3) is 4.99. The molecule has 0 radical (unpaired) electrons. The normalized spacial score (nSPS) is 22.1. The molecule has 2 aliphatic heterocycles. The first-order chi connectivity index (χ1) is 17.8. The third-order valence-corrected chi connectivity index (χ3v) is 7.42. The summed E-state index contributed by atoms with van der Waals surface area (Å²) in [5.41, 5.74) is 4.15. The van der Waals surface area contributed by atoms with Gasteiger partial charge in [-0.1, -0.05) is 5.16 Å². The maximum absolute atomic E-state index is 13.0. The van der Waals surface area contributed by atoms with Crippen LogP contribution in [0.3, 0.4) is 0 Å². The van der Waals surface area contributed by atoms with Crippen LogP contribution in [-0.2, 0) is 16.1 Å². The van der Waals surface area contributed by atoms with Gasteiger partial charge in [-0.25, -0.2) is 4.98 Å². The van der Waals surface area contributed by atoms with Gasteiger partial charge in [0.05, 0.1) is 55.2 Å². The van der Waals surface area contributed by atoms with Crippen LogP contribution in [0.2, 0.25) is 0 Å². The molecule has 5 rings (SSSR count).